The van der Waals surface area contributed by atoms with Crippen molar-refractivity contribution < 1.29 is 35.9 Å². The first-order valence-electron chi connectivity index (χ1n) is 10.7. The number of hydrogen-bond donors (Lipinski definition) is 0. The average molecular weight is 542 g/mol. The zero-order valence-corrected chi connectivity index (χ0v) is 21.5. The van der Waals surface area contributed by atoms with Crippen LogP contribution in [0.25, 0.3) is 12.2 Å². The predicted octanol–water partition coefficient (Wildman–Crippen LogP) is 4.07. The van der Waals surface area contributed by atoms with Crippen molar-refractivity contribution in [1.82, 2.24) is 0 Å². The van der Waals surface area contributed by atoms with Crippen molar-refractivity contribution in [2.75, 3.05) is 17.9 Å². The van der Waals surface area contributed by atoms with Crippen molar-refractivity contribution >= 4 is 49.8 Å². The highest BCUT2D eigenvalue weighted by molar-refractivity contribution is 8.12. The summed E-state index contributed by atoms with van der Waals surface area (Å²) in [4.78, 5) is 24.5. The second kappa shape index (κ2) is 11.7. The van der Waals surface area contributed by atoms with Gasteiger partial charge in [0.1, 0.15) is 0 Å². The topological polar surface area (TPSA) is 124 Å². The summed E-state index contributed by atoms with van der Waals surface area (Å²) in [6.45, 7) is 0. The van der Waals surface area contributed by atoms with E-state index in [1.54, 1.807) is 60.7 Å². The van der Waals surface area contributed by atoms with Gasteiger partial charge in [-0.15, -0.1) is 0 Å². The first-order valence-corrected chi connectivity index (χ1v) is 13.7. The van der Waals surface area contributed by atoms with Crippen LogP contribution in [-0.2, 0) is 29.5 Å². The summed E-state index contributed by atoms with van der Waals surface area (Å²) in [6, 6.07) is 19.9. The lowest BCUT2D eigenvalue weighted by Gasteiger charge is -2.22. The van der Waals surface area contributed by atoms with Crippen LogP contribution in [0.2, 0.25) is 0 Å². The van der Waals surface area contributed by atoms with Crippen molar-refractivity contribution in [2.24, 2.45) is 0 Å². The monoisotopic (exact) mass is 541 g/mol. The highest BCUT2D eigenvalue weighted by Gasteiger charge is 2.32. The molecule has 0 heterocycles. The van der Waals surface area contributed by atoms with Gasteiger partial charge in [0.15, 0.2) is 0 Å². The summed E-state index contributed by atoms with van der Waals surface area (Å²) in [7, 11) is -7.28. The van der Waals surface area contributed by atoms with Gasteiger partial charge in [0.2, 0.25) is 0 Å². The van der Waals surface area contributed by atoms with Gasteiger partial charge in [0.05, 0.1) is 41.8 Å². The highest BCUT2D eigenvalue weighted by Crippen LogP contribution is 2.28. The number of carbonyl (C=O) groups excluding carboxylic acids is 2. The van der Waals surface area contributed by atoms with Crippen LogP contribution in [0.4, 0.5) is 5.69 Å². The predicted molar refractivity (Wildman–Crippen MR) is 140 cm³/mol. The zero-order valence-electron chi connectivity index (χ0n) is 19.8. The summed E-state index contributed by atoms with van der Waals surface area (Å²) in [6.07, 6.45) is 2.45. The third-order valence-corrected chi connectivity index (χ3v) is 8.45. The smallest absolute Gasteiger partial charge is 0.337 e. The van der Waals surface area contributed by atoms with Gasteiger partial charge >= 0.3 is 11.9 Å². The van der Waals surface area contributed by atoms with Gasteiger partial charge in [-0.25, -0.2) is 26.4 Å². The van der Waals surface area contributed by atoms with Crippen molar-refractivity contribution in [1.29, 1.82) is 0 Å². The molecule has 0 bridgehead atoms. The minimum Gasteiger partial charge on any atom is -0.465 e. The number of benzene rings is 3. The molecule has 0 aliphatic rings. The van der Waals surface area contributed by atoms with E-state index in [1.807, 2.05) is 0 Å². The van der Waals surface area contributed by atoms with Crippen LogP contribution in [0, 0.1) is 0 Å². The summed E-state index contributed by atoms with van der Waals surface area (Å²) >= 11 is 0. The Labute approximate surface area is 215 Å². The fraction of sp³-hybridized carbons (Fsp3) is 0.0769. The standard InChI is InChI=1S/C26H23NO8S2/c1-34-25(28)22-17-23(26(29)35-2)19-24(18-22)27(36(30,31)15-13-20-9-5-3-6-10-20)37(32,33)16-14-21-11-7-4-8-12-21/h3-19H,1-2H3/b15-13+,16-14+. The van der Waals surface area contributed by atoms with Crippen LogP contribution in [0.15, 0.2) is 89.7 Å². The normalized spacial score (nSPS) is 11.9. The van der Waals surface area contributed by atoms with Gasteiger partial charge in [-0.05, 0) is 41.5 Å². The van der Waals surface area contributed by atoms with E-state index in [-0.39, 0.29) is 14.8 Å². The zero-order chi connectivity index (χ0) is 27.1. The van der Waals surface area contributed by atoms with E-state index in [2.05, 4.69) is 9.47 Å². The molecule has 9 nitrogen and oxygen atoms in total. The molecule has 0 spiro atoms. The lowest BCUT2D eigenvalue weighted by atomic mass is 10.1. The summed E-state index contributed by atoms with van der Waals surface area (Å²) in [5.74, 6) is -1.83. The molecule has 0 aliphatic carbocycles. The third kappa shape index (κ3) is 6.93. The van der Waals surface area contributed by atoms with E-state index < -0.39 is 37.7 Å². The molecule has 0 aromatic heterocycles. The second-order valence-corrected chi connectivity index (χ2v) is 11.0. The van der Waals surface area contributed by atoms with Gasteiger partial charge in [-0.2, -0.15) is 3.71 Å². The SMILES string of the molecule is COC(=O)c1cc(C(=O)OC)cc(N(S(=O)(=O)/C=C/c2ccccc2)S(=O)(=O)/C=C/c2ccccc2)c1. The molecule has 0 saturated heterocycles. The van der Waals surface area contributed by atoms with Crippen LogP contribution in [0.3, 0.4) is 0 Å². The van der Waals surface area contributed by atoms with Crippen molar-refractivity contribution in [3.8, 4) is 0 Å². The Morgan fingerprint density at radius 1 is 0.649 bits per heavy atom. The Kier molecular flexibility index (Phi) is 8.64. The molecule has 0 aliphatic heterocycles. The molecule has 3 aromatic carbocycles. The van der Waals surface area contributed by atoms with Gasteiger partial charge in [0.25, 0.3) is 20.0 Å². The third-order valence-electron chi connectivity index (χ3n) is 4.90. The minimum absolute atomic E-state index is 0.137. The maximum absolute atomic E-state index is 13.5. The summed E-state index contributed by atoms with van der Waals surface area (Å²) in [5, 5.41) is 1.44. The van der Waals surface area contributed by atoms with E-state index in [0.29, 0.717) is 11.1 Å². The Morgan fingerprint density at radius 2 is 1.03 bits per heavy atom. The molecule has 0 N–H and O–H groups in total. The van der Waals surface area contributed by atoms with Gasteiger partial charge < -0.3 is 9.47 Å². The molecule has 37 heavy (non-hydrogen) atoms. The number of sulfonamides is 2. The van der Waals surface area contributed by atoms with E-state index >= 15 is 0 Å². The number of carbonyl (C=O) groups is 2. The molecule has 192 valence electrons. The van der Waals surface area contributed by atoms with E-state index in [0.717, 1.165) is 43.2 Å². The largest absolute Gasteiger partial charge is 0.465 e. The molecule has 0 amide bonds. The number of methoxy groups -OCH3 is 2. The van der Waals surface area contributed by atoms with E-state index in [9.17, 15) is 26.4 Å². The lowest BCUT2D eigenvalue weighted by Crippen LogP contribution is -2.34. The van der Waals surface area contributed by atoms with E-state index in [4.69, 9.17) is 0 Å². The minimum atomic E-state index is -4.72. The van der Waals surface area contributed by atoms with Crippen LogP contribution in [0.1, 0.15) is 31.8 Å². The van der Waals surface area contributed by atoms with Crippen LogP contribution < -0.4 is 3.71 Å². The van der Waals surface area contributed by atoms with Crippen molar-refractivity contribution in [2.45, 2.75) is 0 Å². The Bertz CT molecular complexity index is 1430. The molecule has 0 unspecified atom stereocenters. The summed E-state index contributed by atoms with van der Waals surface area (Å²) < 4.78 is 63.3. The van der Waals surface area contributed by atoms with Crippen molar-refractivity contribution in [3.63, 3.8) is 0 Å². The molecule has 0 fully saturated rings. The van der Waals surface area contributed by atoms with E-state index in [1.165, 1.54) is 12.2 Å². The van der Waals surface area contributed by atoms with Crippen LogP contribution >= 0.6 is 0 Å². The van der Waals surface area contributed by atoms with Gasteiger partial charge in [-0.3, -0.25) is 0 Å². The number of rotatable bonds is 9. The first-order chi connectivity index (χ1) is 17.6. The number of esters is 2. The number of hydrogen-bond acceptors (Lipinski definition) is 8. The molecule has 0 atom stereocenters. The maximum Gasteiger partial charge on any atom is 0.337 e. The molecule has 0 saturated carbocycles. The molecule has 3 aromatic rings. The molecular weight excluding hydrogens is 518 g/mol. The highest BCUT2D eigenvalue weighted by atomic mass is 32.3. The van der Waals surface area contributed by atoms with Crippen molar-refractivity contribution in [3.05, 3.63) is 112 Å². The molecular formula is C26H23NO8S2. The molecule has 11 heteroatoms. The number of anilines is 1. The Morgan fingerprint density at radius 3 is 1.38 bits per heavy atom. The lowest BCUT2D eigenvalue weighted by molar-refractivity contribution is 0.0599. The maximum atomic E-state index is 13.5. The van der Waals surface area contributed by atoms with Crippen LogP contribution in [0.5, 0.6) is 0 Å². The first kappa shape index (κ1) is 27.4. The van der Waals surface area contributed by atoms with Crippen LogP contribution in [-0.4, -0.2) is 43.0 Å². The Hall–Kier alpha value is -4.22. The van der Waals surface area contributed by atoms with Gasteiger partial charge in [0, 0.05) is 0 Å². The van der Waals surface area contributed by atoms with Gasteiger partial charge in [-0.1, -0.05) is 60.7 Å². The molecule has 0 radical (unpaired) electrons. The quantitative estimate of drug-likeness (QED) is 0.372. The average Bonchev–Trinajstić information content (AvgIpc) is 2.90. The Balaban J connectivity index is 2.23. The second-order valence-electron chi connectivity index (χ2n) is 7.47. The number of ether oxygens (including phenoxy) is 2. The molecule has 3 rings (SSSR count). The fourth-order valence-electron chi connectivity index (χ4n) is 3.19. The summed E-state index contributed by atoms with van der Waals surface area (Å²) in [5.41, 5.74) is 0.00658. The number of nitrogens with zero attached hydrogens (tertiary/aromatic N) is 1. The fourth-order valence-corrected chi connectivity index (χ4v) is 6.33.